The molecule has 1 fully saturated rings. The van der Waals surface area contributed by atoms with E-state index in [9.17, 15) is 4.79 Å². The van der Waals surface area contributed by atoms with Gasteiger partial charge in [0, 0.05) is 13.1 Å². The summed E-state index contributed by atoms with van der Waals surface area (Å²) in [5, 5.41) is 9.74. The van der Waals surface area contributed by atoms with Crippen LogP contribution in [0.25, 0.3) is 6.08 Å². The van der Waals surface area contributed by atoms with Crippen LogP contribution in [0.2, 0.25) is 0 Å². The number of likely N-dealkylation sites (tertiary alicyclic amines) is 1. The minimum Gasteiger partial charge on any atom is -0.351 e. The topological polar surface area (TPSA) is 56.5 Å². The second kappa shape index (κ2) is 6.15. The summed E-state index contributed by atoms with van der Waals surface area (Å²) in [6.07, 6.45) is 5.40. The Labute approximate surface area is 128 Å². The Morgan fingerprint density at radius 2 is 2.10 bits per heavy atom. The number of amidine groups is 1. The van der Waals surface area contributed by atoms with E-state index in [4.69, 9.17) is 5.26 Å². The highest BCUT2D eigenvalue weighted by molar-refractivity contribution is 8.18. The van der Waals surface area contributed by atoms with Crippen LogP contribution in [-0.2, 0) is 4.79 Å². The highest BCUT2D eigenvalue weighted by atomic mass is 32.2. The van der Waals surface area contributed by atoms with Crippen LogP contribution in [0.15, 0.2) is 34.2 Å². The van der Waals surface area contributed by atoms with Crippen LogP contribution in [0, 0.1) is 11.3 Å². The van der Waals surface area contributed by atoms with Crippen molar-refractivity contribution < 1.29 is 4.79 Å². The number of piperidine rings is 1. The van der Waals surface area contributed by atoms with Crippen molar-refractivity contribution in [3.8, 4) is 6.07 Å². The van der Waals surface area contributed by atoms with E-state index in [-0.39, 0.29) is 5.91 Å². The molecule has 4 nitrogen and oxygen atoms in total. The van der Waals surface area contributed by atoms with Crippen LogP contribution < -0.4 is 0 Å². The average molecular weight is 297 g/mol. The predicted molar refractivity (Wildman–Crippen MR) is 84.6 cm³/mol. The van der Waals surface area contributed by atoms with Gasteiger partial charge >= 0.3 is 0 Å². The van der Waals surface area contributed by atoms with Crippen LogP contribution in [0.4, 0.5) is 0 Å². The fourth-order valence-electron chi connectivity index (χ4n) is 2.47. The molecule has 1 saturated heterocycles. The quantitative estimate of drug-likeness (QED) is 0.748. The maximum Gasteiger partial charge on any atom is 0.286 e. The second-order valence-electron chi connectivity index (χ2n) is 5.10. The van der Waals surface area contributed by atoms with Crippen LogP contribution in [-0.4, -0.2) is 29.1 Å². The number of aliphatic imine (C=N–C) groups is 1. The molecule has 0 aliphatic carbocycles. The fourth-order valence-corrected chi connectivity index (χ4v) is 3.43. The lowest BCUT2D eigenvalue weighted by atomic mass is 10.1. The smallest absolute Gasteiger partial charge is 0.286 e. The Balaban J connectivity index is 1.77. The zero-order valence-corrected chi connectivity index (χ0v) is 12.4. The maximum atomic E-state index is 12.0. The maximum absolute atomic E-state index is 12.0. The summed E-state index contributed by atoms with van der Waals surface area (Å²) in [5.41, 5.74) is 1.46. The van der Waals surface area contributed by atoms with Gasteiger partial charge in [0.05, 0.1) is 16.5 Å². The summed E-state index contributed by atoms with van der Waals surface area (Å²) < 4.78 is 0. The SMILES string of the molecule is N#Cc1cccc(/C=C2/SC(N3CCCCC3)=NC2=O)c1. The van der Waals surface area contributed by atoms with Gasteiger partial charge in [-0.3, -0.25) is 4.79 Å². The van der Waals surface area contributed by atoms with E-state index in [0.717, 1.165) is 36.7 Å². The minimum absolute atomic E-state index is 0.178. The summed E-state index contributed by atoms with van der Waals surface area (Å²) >= 11 is 1.44. The molecule has 0 saturated carbocycles. The van der Waals surface area contributed by atoms with Gasteiger partial charge in [0.15, 0.2) is 5.17 Å². The number of benzene rings is 1. The van der Waals surface area contributed by atoms with Gasteiger partial charge in [0.1, 0.15) is 0 Å². The van der Waals surface area contributed by atoms with Gasteiger partial charge in [-0.25, -0.2) is 0 Å². The molecule has 1 amide bonds. The fraction of sp³-hybridized carbons (Fsp3) is 0.312. The van der Waals surface area contributed by atoms with E-state index in [2.05, 4.69) is 16.0 Å². The van der Waals surface area contributed by atoms with Gasteiger partial charge < -0.3 is 4.90 Å². The van der Waals surface area contributed by atoms with Gasteiger partial charge in [0.2, 0.25) is 0 Å². The molecule has 0 aromatic heterocycles. The number of hydrogen-bond donors (Lipinski definition) is 0. The van der Waals surface area contributed by atoms with E-state index >= 15 is 0 Å². The summed E-state index contributed by atoms with van der Waals surface area (Å²) in [5.74, 6) is -0.178. The molecule has 0 bridgehead atoms. The van der Waals surface area contributed by atoms with E-state index < -0.39 is 0 Å². The Bertz CT molecular complexity index is 666. The summed E-state index contributed by atoms with van der Waals surface area (Å²) in [6.45, 7) is 1.96. The van der Waals surface area contributed by atoms with E-state index in [0.29, 0.717) is 10.5 Å². The monoisotopic (exact) mass is 297 g/mol. The molecule has 2 heterocycles. The molecular weight excluding hydrogens is 282 g/mol. The number of thioether (sulfide) groups is 1. The summed E-state index contributed by atoms with van der Waals surface area (Å²) in [7, 11) is 0. The highest BCUT2D eigenvalue weighted by Crippen LogP contribution is 2.31. The number of hydrogen-bond acceptors (Lipinski definition) is 4. The van der Waals surface area contributed by atoms with Crippen molar-refractivity contribution in [2.75, 3.05) is 13.1 Å². The highest BCUT2D eigenvalue weighted by Gasteiger charge is 2.26. The molecule has 0 unspecified atom stereocenters. The van der Waals surface area contributed by atoms with E-state index in [1.165, 1.54) is 18.2 Å². The summed E-state index contributed by atoms with van der Waals surface area (Å²) in [6, 6.07) is 9.35. The van der Waals surface area contributed by atoms with Gasteiger partial charge in [-0.2, -0.15) is 10.3 Å². The number of amides is 1. The number of carbonyl (C=O) groups is 1. The van der Waals surface area contributed by atoms with Gasteiger partial charge in [-0.1, -0.05) is 12.1 Å². The van der Waals surface area contributed by atoms with Crippen molar-refractivity contribution in [1.82, 2.24) is 4.90 Å². The Morgan fingerprint density at radius 3 is 2.86 bits per heavy atom. The number of nitriles is 1. The Morgan fingerprint density at radius 1 is 1.29 bits per heavy atom. The standard InChI is InChI=1S/C16H15N3OS/c17-11-13-6-4-5-12(9-13)10-14-15(20)18-16(21-14)19-7-2-1-3-8-19/h4-6,9-10H,1-3,7-8H2/b14-10+. The molecule has 5 heteroatoms. The lowest BCUT2D eigenvalue weighted by molar-refractivity contribution is -0.113. The zero-order chi connectivity index (χ0) is 14.7. The van der Waals surface area contributed by atoms with Crippen LogP contribution in [0.5, 0.6) is 0 Å². The number of nitrogens with zero attached hydrogens (tertiary/aromatic N) is 3. The van der Waals surface area contributed by atoms with Crippen LogP contribution in [0.3, 0.4) is 0 Å². The molecule has 1 aromatic rings. The van der Waals surface area contributed by atoms with Gasteiger partial charge in [0.25, 0.3) is 5.91 Å². The third kappa shape index (κ3) is 3.17. The third-order valence-corrected chi connectivity index (χ3v) is 4.59. The van der Waals surface area contributed by atoms with Crippen molar-refractivity contribution in [2.45, 2.75) is 19.3 Å². The van der Waals surface area contributed by atoms with Gasteiger partial charge in [-0.05, 0) is 54.8 Å². The van der Waals surface area contributed by atoms with Crippen molar-refractivity contribution in [2.24, 2.45) is 4.99 Å². The largest absolute Gasteiger partial charge is 0.351 e. The molecular formula is C16H15N3OS. The molecule has 0 radical (unpaired) electrons. The Kier molecular flexibility index (Phi) is 4.07. The minimum atomic E-state index is -0.178. The molecule has 0 N–H and O–H groups in total. The molecule has 2 aliphatic heterocycles. The van der Waals surface area contributed by atoms with Crippen molar-refractivity contribution in [3.05, 3.63) is 40.3 Å². The first-order valence-electron chi connectivity index (χ1n) is 7.04. The van der Waals surface area contributed by atoms with E-state index in [1.54, 1.807) is 12.1 Å². The van der Waals surface area contributed by atoms with E-state index in [1.807, 2.05) is 18.2 Å². The third-order valence-electron chi connectivity index (χ3n) is 3.55. The summed E-state index contributed by atoms with van der Waals surface area (Å²) in [4.78, 5) is 19.0. The van der Waals surface area contributed by atoms with Crippen LogP contribution >= 0.6 is 11.8 Å². The van der Waals surface area contributed by atoms with Gasteiger partial charge in [-0.15, -0.1) is 0 Å². The molecule has 3 rings (SSSR count). The van der Waals surface area contributed by atoms with Crippen molar-refractivity contribution in [3.63, 3.8) is 0 Å². The first kappa shape index (κ1) is 13.9. The van der Waals surface area contributed by atoms with Crippen molar-refractivity contribution in [1.29, 1.82) is 5.26 Å². The normalized spacial score (nSPS) is 20.5. The Hall–Kier alpha value is -2.06. The van der Waals surface area contributed by atoms with Crippen molar-refractivity contribution >= 4 is 28.9 Å². The first-order chi connectivity index (χ1) is 10.3. The number of carbonyl (C=O) groups excluding carboxylic acids is 1. The molecule has 21 heavy (non-hydrogen) atoms. The molecule has 2 aliphatic rings. The first-order valence-corrected chi connectivity index (χ1v) is 7.85. The van der Waals surface area contributed by atoms with Crippen LogP contribution in [0.1, 0.15) is 30.4 Å². The lowest BCUT2D eigenvalue weighted by Gasteiger charge is -2.27. The number of rotatable bonds is 1. The predicted octanol–water partition coefficient (Wildman–Crippen LogP) is 3.01. The average Bonchev–Trinajstić information content (AvgIpc) is 2.89. The molecule has 0 spiro atoms. The zero-order valence-electron chi connectivity index (χ0n) is 11.6. The molecule has 1 aromatic carbocycles. The lowest BCUT2D eigenvalue weighted by Crippen LogP contribution is -2.33. The molecule has 106 valence electrons. The molecule has 0 atom stereocenters. The second-order valence-corrected chi connectivity index (χ2v) is 6.10.